The molecular formula is C14H17N3. The first-order valence-electron chi connectivity index (χ1n) is 6.07. The first-order valence-corrected chi connectivity index (χ1v) is 6.07. The van der Waals surface area contributed by atoms with Gasteiger partial charge in [0, 0.05) is 0 Å². The van der Waals surface area contributed by atoms with Crippen LogP contribution in [-0.4, -0.2) is 9.97 Å². The number of anilines is 1. The summed E-state index contributed by atoms with van der Waals surface area (Å²) in [5.74, 6) is 1.30. The summed E-state index contributed by atoms with van der Waals surface area (Å²) < 4.78 is 0. The van der Waals surface area contributed by atoms with E-state index in [9.17, 15) is 0 Å². The Morgan fingerprint density at radius 1 is 1.47 bits per heavy atom. The van der Waals surface area contributed by atoms with Gasteiger partial charge in [0.05, 0.1) is 11.0 Å². The molecule has 17 heavy (non-hydrogen) atoms. The number of aromatic amines is 1. The molecule has 0 atom stereocenters. The first-order chi connectivity index (χ1) is 8.13. The fourth-order valence-electron chi connectivity index (χ4n) is 2.26. The minimum Gasteiger partial charge on any atom is -0.369 e. The molecule has 2 aromatic rings. The third-order valence-corrected chi connectivity index (χ3v) is 3.49. The largest absolute Gasteiger partial charge is 0.369 e. The summed E-state index contributed by atoms with van der Waals surface area (Å²) in [4.78, 5) is 7.34. The molecule has 1 saturated carbocycles. The molecule has 1 aromatic carbocycles. The third-order valence-electron chi connectivity index (χ3n) is 3.49. The quantitative estimate of drug-likeness (QED) is 0.827. The van der Waals surface area contributed by atoms with Gasteiger partial charge in [0.2, 0.25) is 0 Å². The van der Waals surface area contributed by atoms with Gasteiger partial charge in [0.25, 0.3) is 0 Å². The zero-order valence-corrected chi connectivity index (χ0v) is 10.2. The number of nitrogens with one attached hydrogen (secondary N) is 1. The van der Waals surface area contributed by atoms with Crippen molar-refractivity contribution in [3.8, 4) is 0 Å². The van der Waals surface area contributed by atoms with E-state index in [4.69, 9.17) is 5.73 Å². The predicted molar refractivity (Wildman–Crippen MR) is 71.6 cm³/mol. The van der Waals surface area contributed by atoms with E-state index in [1.807, 2.05) is 0 Å². The van der Waals surface area contributed by atoms with Crippen molar-refractivity contribution in [1.29, 1.82) is 0 Å². The number of nitrogen functional groups attached to an aromatic ring is 1. The normalized spacial score (nSPS) is 16.7. The summed E-state index contributed by atoms with van der Waals surface area (Å²) in [6.45, 7) is 4.35. The van der Waals surface area contributed by atoms with Crippen molar-refractivity contribution in [1.82, 2.24) is 9.97 Å². The number of fused-ring (bicyclic) bond motifs is 1. The molecule has 1 aliphatic carbocycles. The number of rotatable bonds is 2. The van der Waals surface area contributed by atoms with Crippen molar-refractivity contribution in [3.63, 3.8) is 0 Å². The van der Waals surface area contributed by atoms with Crippen LogP contribution in [0.1, 0.15) is 30.9 Å². The molecule has 0 unspecified atom stereocenters. The number of allylic oxidation sites excluding steroid dienone is 1. The van der Waals surface area contributed by atoms with Gasteiger partial charge in [0.15, 0.2) is 5.95 Å². The molecule has 1 aromatic heterocycles. The molecule has 1 heterocycles. The van der Waals surface area contributed by atoms with E-state index in [0.717, 1.165) is 17.0 Å². The standard InChI is InChI=1S/C14H17N3/c1-8(10-3-4-10)5-11-7-13-12(6-9(11)2)16-14(15)17-13/h5-7,10H,3-4H2,1-2H3,(H3,15,16,17)/b8-5-. The van der Waals surface area contributed by atoms with Gasteiger partial charge < -0.3 is 10.7 Å². The summed E-state index contributed by atoms with van der Waals surface area (Å²) in [5.41, 5.74) is 11.6. The Kier molecular flexibility index (Phi) is 2.21. The van der Waals surface area contributed by atoms with Crippen LogP contribution in [0.3, 0.4) is 0 Å². The van der Waals surface area contributed by atoms with Crippen LogP contribution in [0.4, 0.5) is 5.95 Å². The summed E-state index contributed by atoms with van der Waals surface area (Å²) in [6, 6.07) is 4.23. The fourth-order valence-corrected chi connectivity index (χ4v) is 2.26. The van der Waals surface area contributed by atoms with Crippen LogP contribution in [0, 0.1) is 12.8 Å². The lowest BCUT2D eigenvalue weighted by atomic mass is 10.0. The molecule has 3 rings (SSSR count). The van der Waals surface area contributed by atoms with Crippen molar-refractivity contribution in [2.45, 2.75) is 26.7 Å². The molecule has 88 valence electrons. The Hall–Kier alpha value is -1.77. The number of nitrogens with zero attached hydrogens (tertiary/aromatic N) is 1. The molecule has 0 bridgehead atoms. The highest BCUT2D eigenvalue weighted by atomic mass is 15.0. The van der Waals surface area contributed by atoms with Gasteiger partial charge in [-0.25, -0.2) is 4.98 Å². The Balaban J connectivity index is 2.08. The summed E-state index contributed by atoms with van der Waals surface area (Å²) in [7, 11) is 0. The van der Waals surface area contributed by atoms with Gasteiger partial charge >= 0.3 is 0 Å². The molecule has 1 aliphatic rings. The average molecular weight is 227 g/mol. The van der Waals surface area contributed by atoms with Crippen molar-refractivity contribution in [3.05, 3.63) is 28.8 Å². The van der Waals surface area contributed by atoms with Gasteiger partial charge in [-0.1, -0.05) is 11.6 Å². The van der Waals surface area contributed by atoms with Crippen LogP contribution < -0.4 is 5.73 Å². The van der Waals surface area contributed by atoms with E-state index >= 15 is 0 Å². The number of benzene rings is 1. The Morgan fingerprint density at radius 2 is 2.24 bits per heavy atom. The monoisotopic (exact) mass is 227 g/mol. The van der Waals surface area contributed by atoms with Crippen LogP contribution in [-0.2, 0) is 0 Å². The number of hydrogen-bond acceptors (Lipinski definition) is 2. The zero-order valence-electron chi connectivity index (χ0n) is 10.2. The SMILES string of the molecule is C/C(=C/c1cc2nc(N)[nH]c2cc1C)C1CC1. The van der Waals surface area contributed by atoms with Gasteiger partial charge in [-0.15, -0.1) is 0 Å². The number of aryl methyl sites for hydroxylation is 1. The first kappa shape index (κ1) is 10.4. The molecule has 0 aliphatic heterocycles. The molecular weight excluding hydrogens is 210 g/mol. The highest BCUT2D eigenvalue weighted by Gasteiger charge is 2.22. The molecule has 0 amide bonds. The highest BCUT2D eigenvalue weighted by Crippen LogP contribution is 2.37. The average Bonchev–Trinajstić information content (AvgIpc) is 3.03. The molecule has 3 N–H and O–H groups in total. The van der Waals surface area contributed by atoms with Gasteiger partial charge in [-0.3, -0.25) is 0 Å². The van der Waals surface area contributed by atoms with E-state index in [1.54, 1.807) is 0 Å². The summed E-state index contributed by atoms with van der Waals surface area (Å²) >= 11 is 0. The van der Waals surface area contributed by atoms with E-state index in [-0.39, 0.29) is 0 Å². The number of aromatic nitrogens is 2. The van der Waals surface area contributed by atoms with Gasteiger partial charge in [-0.2, -0.15) is 0 Å². The van der Waals surface area contributed by atoms with E-state index in [1.165, 1.54) is 29.5 Å². The highest BCUT2D eigenvalue weighted by molar-refractivity contribution is 5.81. The van der Waals surface area contributed by atoms with Crippen molar-refractivity contribution >= 4 is 23.1 Å². The van der Waals surface area contributed by atoms with Crippen LogP contribution in [0.5, 0.6) is 0 Å². The molecule has 1 fully saturated rings. The maximum atomic E-state index is 5.67. The zero-order chi connectivity index (χ0) is 12.0. The minimum absolute atomic E-state index is 0.486. The van der Waals surface area contributed by atoms with Crippen molar-refractivity contribution in [2.24, 2.45) is 5.92 Å². The number of H-pyrrole nitrogens is 1. The van der Waals surface area contributed by atoms with Crippen LogP contribution >= 0.6 is 0 Å². The maximum Gasteiger partial charge on any atom is 0.198 e. The number of imidazole rings is 1. The minimum atomic E-state index is 0.486. The predicted octanol–water partition coefficient (Wildman–Crippen LogP) is 3.27. The van der Waals surface area contributed by atoms with E-state index < -0.39 is 0 Å². The van der Waals surface area contributed by atoms with Gasteiger partial charge in [0.1, 0.15) is 0 Å². The van der Waals surface area contributed by atoms with E-state index in [2.05, 4.69) is 42.0 Å². The third kappa shape index (κ3) is 1.93. The second-order valence-corrected chi connectivity index (χ2v) is 5.01. The molecule has 0 spiro atoms. The molecule has 3 nitrogen and oxygen atoms in total. The topological polar surface area (TPSA) is 54.7 Å². The summed E-state index contributed by atoms with van der Waals surface area (Å²) in [6.07, 6.45) is 4.98. The summed E-state index contributed by atoms with van der Waals surface area (Å²) in [5, 5.41) is 0. The van der Waals surface area contributed by atoms with Crippen molar-refractivity contribution in [2.75, 3.05) is 5.73 Å². The lowest BCUT2D eigenvalue weighted by Crippen LogP contribution is -1.85. The van der Waals surface area contributed by atoms with E-state index in [0.29, 0.717) is 5.95 Å². The molecule has 0 radical (unpaired) electrons. The van der Waals surface area contributed by atoms with Gasteiger partial charge in [-0.05, 0) is 55.9 Å². The fraction of sp³-hybridized carbons (Fsp3) is 0.357. The lowest BCUT2D eigenvalue weighted by molar-refractivity contribution is 1.02. The number of hydrogen-bond donors (Lipinski definition) is 2. The van der Waals surface area contributed by atoms with Crippen LogP contribution in [0.2, 0.25) is 0 Å². The lowest BCUT2D eigenvalue weighted by Gasteiger charge is -2.03. The van der Waals surface area contributed by atoms with Crippen LogP contribution in [0.15, 0.2) is 17.7 Å². The molecule has 0 saturated heterocycles. The maximum absolute atomic E-state index is 5.67. The Bertz CT molecular complexity index is 603. The van der Waals surface area contributed by atoms with Crippen molar-refractivity contribution < 1.29 is 0 Å². The Morgan fingerprint density at radius 3 is 2.94 bits per heavy atom. The smallest absolute Gasteiger partial charge is 0.198 e. The number of nitrogens with two attached hydrogens (primary N) is 1. The van der Waals surface area contributed by atoms with Crippen LogP contribution in [0.25, 0.3) is 17.1 Å². The molecule has 3 heteroatoms. The Labute approximate surface area is 101 Å². The second-order valence-electron chi connectivity index (χ2n) is 5.01. The second kappa shape index (κ2) is 3.62.